The number of hydrogen-bond acceptors (Lipinski definition) is 4. The highest BCUT2D eigenvalue weighted by Crippen LogP contribution is 2.30. The molecule has 0 unspecified atom stereocenters. The molecule has 0 radical (unpaired) electrons. The van der Waals surface area contributed by atoms with Gasteiger partial charge in [0, 0.05) is 17.2 Å². The molecule has 4 nitrogen and oxygen atoms in total. The van der Waals surface area contributed by atoms with Crippen LogP contribution in [-0.2, 0) is 5.41 Å². The number of hydrogen-bond donors (Lipinski definition) is 2. The number of benzene rings is 1. The van der Waals surface area contributed by atoms with Crippen LogP contribution in [0.25, 0.3) is 0 Å². The SMILES string of the molecule is CC(C)c1cc(NN)nc(C(C)(C)c2ccccc2)n1. The fourth-order valence-corrected chi connectivity index (χ4v) is 2.10. The number of nitrogen functional groups attached to an aromatic ring is 1. The van der Waals surface area contributed by atoms with Gasteiger partial charge in [0.1, 0.15) is 11.6 Å². The second-order valence-electron chi connectivity index (χ2n) is 5.79. The van der Waals surface area contributed by atoms with Crippen LogP contribution < -0.4 is 11.3 Å². The highest BCUT2D eigenvalue weighted by molar-refractivity contribution is 5.39. The number of aromatic nitrogens is 2. The van der Waals surface area contributed by atoms with Crippen molar-refractivity contribution in [3.8, 4) is 0 Å². The van der Waals surface area contributed by atoms with Crippen LogP contribution in [-0.4, -0.2) is 9.97 Å². The second kappa shape index (κ2) is 5.59. The van der Waals surface area contributed by atoms with Crippen molar-refractivity contribution >= 4 is 5.82 Å². The van der Waals surface area contributed by atoms with E-state index in [2.05, 4.69) is 50.2 Å². The van der Waals surface area contributed by atoms with E-state index in [0.29, 0.717) is 11.7 Å². The van der Waals surface area contributed by atoms with Gasteiger partial charge in [0.2, 0.25) is 0 Å². The molecule has 1 heterocycles. The molecule has 2 rings (SSSR count). The molecular weight excluding hydrogens is 248 g/mol. The van der Waals surface area contributed by atoms with Gasteiger partial charge in [0.05, 0.1) is 0 Å². The van der Waals surface area contributed by atoms with E-state index in [0.717, 1.165) is 11.5 Å². The summed E-state index contributed by atoms with van der Waals surface area (Å²) in [6.45, 7) is 8.48. The van der Waals surface area contributed by atoms with Gasteiger partial charge < -0.3 is 5.43 Å². The first kappa shape index (κ1) is 14.5. The maximum Gasteiger partial charge on any atom is 0.143 e. The molecule has 1 aromatic heterocycles. The van der Waals surface area contributed by atoms with Crippen molar-refractivity contribution in [3.63, 3.8) is 0 Å². The van der Waals surface area contributed by atoms with Gasteiger partial charge >= 0.3 is 0 Å². The highest BCUT2D eigenvalue weighted by Gasteiger charge is 2.27. The zero-order chi connectivity index (χ0) is 14.8. The van der Waals surface area contributed by atoms with Gasteiger partial charge in [-0.2, -0.15) is 0 Å². The molecule has 0 amide bonds. The largest absolute Gasteiger partial charge is 0.308 e. The number of rotatable bonds is 4. The van der Waals surface area contributed by atoms with Crippen LogP contribution in [0.4, 0.5) is 5.82 Å². The van der Waals surface area contributed by atoms with E-state index in [9.17, 15) is 0 Å². The quantitative estimate of drug-likeness (QED) is 0.661. The van der Waals surface area contributed by atoms with E-state index >= 15 is 0 Å². The van der Waals surface area contributed by atoms with Crippen molar-refractivity contribution in [3.05, 3.63) is 53.5 Å². The summed E-state index contributed by atoms with van der Waals surface area (Å²) < 4.78 is 0. The molecule has 3 N–H and O–H groups in total. The minimum Gasteiger partial charge on any atom is -0.308 e. The smallest absolute Gasteiger partial charge is 0.143 e. The maximum absolute atomic E-state index is 5.53. The molecule has 20 heavy (non-hydrogen) atoms. The van der Waals surface area contributed by atoms with Crippen LogP contribution in [0.1, 0.15) is 50.7 Å². The first-order valence-corrected chi connectivity index (χ1v) is 6.86. The molecule has 0 saturated heterocycles. The van der Waals surface area contributed by atoms with Crippen molar-refractivity contribution in [2.24, 2.45) is 5.84 Å². The summed E-state index contributed by atoms with van der Waals surface area (Å²) in [6.07, 6.45) is 0. The summed E-state index contributed by atoms with van der Waals surface area (Å²) in [4.78, 5) is 9.26. The fourth-order valence-electron chi connectivity index (χ4n) is 2.10. The van der Waals surface area contributed by atoms with Crippen molar-refractivity contribution in [1.82, 2.24) is 9.97 Å². The van der Waals surface area contributed by atoms with Gasteiger partial charge in [-0.3, -0.25) is 0 Å². The Labute approximate surface area is 120 Å². The standard InChI is InChI=1S/C16H22N4/c1-11(2)13-10-14(20-17)19-15(18-13)16(3,4)12-8-6-5-7-9-12/h5-11H,17H2,1-4H3,(H,18,19,20). The van der Waals surface area contributed by atoms with Crippen molar-refractivity contribution in [1.29, 1.82) is 0 Å². The van der Waals surface area contributed by atoms with Crippen LogP contribution >= 0.6 is 0 Å². The molecule has 0 aliphatic rings. The number of nitrogens with two attached hydrogens (primary N) is 1. The minimum atomic E-state index is -0.266. The molecule has 0 fully saturated rings. The highest BCUT2D eigenvalue weighted by atomic mass is 15.3. The molecule has 0 spiro atoms. The third-order valence-corrected chi connectivity index (χ3v) is 3.54. The molecule has 0 saturated carbocycles. The first-order valence-electron chi connectivity index (χ1n) is 6.86. The predicted octanol–water partition coefficient (Wildman–Crippen LogP) is 3.21. The minimum absolute atomic E-state index is 0.266. The molecule has 4 heteroatoms. The Morgan fingerprint density at radius 1 is 1.10 bits per heavy atom. The lowest BCUT2D eigenvalue weighted by atomic mass is 9.83. The summed E-state index contributed by atoms with van der Waals surface area (Å²) in [5.41, 5.74) is 4.55. The lowest BCUT2D eigenvalue weighted by molar-refractivity contribution is 0.582. The van der Waals surface area contributed by atoms with Crippen molar-refractivity contribution in [2.45, 2.75) is 39.0 Å². The Morgan fingerprint density at radius 2 is 1.75 bits per heavy atom. The van der Waals surface area contributed by atoms with Gasteiger partial charge in [-0.25, -0.2) is 15.8 Å². The van der Waals surface area contributed by atoms with Crippen LogP contribution in [0.3, 0.4) is 0 Å². The number of hydrazine groups is 1. The van der Waals surface area contributed by atoms with E-state index in [-0.39, 0.29) is 5.41 Å². The lowest BCUT2D eigenvalue weighted by Crippen LogP contribution is -2.24. The number of nitrogens with one attached hydrogen (secondary N) is 1. The van der Waals surface area contributed by atoms with Gasteiger partial charge in [-0.1, -0.05) is 44.2 Å². The molecule has 106 valence electrons. The molecule has 1 aromatic carbocycles. The zero-order valence-electron chi connectivity index (χ0n) is 12.5. The van der Waals surface area contributed by atoms with E-state index < -0.39 is 0 Å². The summed E-state index contributed by atoms with van der Waals surface area (Å²) in [6, 6.07) is 12.2. The number of nitrogens with zero attached hydrogens (tertiary/aromatic N) is 2. The number of anilines is 1. The molecule has 0 atom stereocenters. The van der Waals surface area contributed by atoms with E-state index in [1.165, 1.54) is 5.56 Å². The average Bonchev–Trinajstić information content (AvgIpc) is 2.47. The second-order valence-corrected chi connectivity index (χ2v) is 5.79. The van der Waals surface area contributed by atoms with E-state index in [1.54, 1.807) is 0 Å². The fraction of sp³-hybridized carbons (Fsp3) is 0.375. The predicted molar refractivity (Wildman–Crippen MR) is 82.5 cm³/mol. The third-order valence-electron chi connectivity index (χ3n) is 3.54. The van der Waals surface area contributed by atoms with Gasteiger partial charge in [-0.15, -0.1) is 0 Å². The molecule has 2 aromatic rings. The Morgan fingerprint density at radius 3 is 2.30 bits per heavy atom. The van der Waals surface area contributed by atoms with E-state index in [1.807, 2.05) is 24.3 Å². The Bertz CT molecular complexity index is 576. The topological polar surface area (TPSA) is 63.8 Å². The van der Waals surface area contributed by atoms with Crippen LogP contribution in [0, 0.1) is 0 Å². The summed E-state index contributed by atoms with van der Waals surface area (Å²) in [5.74, 6) is 7.29. The molecular formula is C16H22N4. The molecule has 0 aliphatic carbocycles. The van der Waals surface area contributed by atoms with Crippen molar-refractivity contribution in [2.75, 3.05) is 5.43 Å². The normalized spacial score (nSPS) is 11.7. The molecule has 0 bridgehead atoms. The Balaban J connectivity index is 2.53. The van der Waals surface area contributed by atoms with Crippen molar-refractivity contribution < 1.29 is 0 Å². The van der Waals surface area contributed by atoms with Gasteiger partial charge in [-0.05, 0) is 25.3 Å². The first-order chi connectivity index (χ1) is 9.45. The summed E-state index contributed by atoms with van der Waals surface area (Å²) in [7, 11) is 0. The van der Waals surface area contributed by atoms with Crippen LogP contribution in [0.15, 0.2) is 36.4 Å². The van der Waals surface area contributed by atoms with Gasteiger partial charge in [0.25, 0.3) is 0 Å². The Hall–Kier alpha value is -1.94. The monoisotopic (exact) mass is 270 g/mol. The van der Waals surface area contributed by atoms with Gasteiger partial charge in [0.15, 0.2) is 0 Å². The lowest BCUT2D eigenvalue weighted by Gasteiger charge is -2.25. The summed E-state index contributed by atoms with van der Waals surface area (Å²) in [5, 5.41) is 0. The summed E-state index contributed by atoms with van der Waals surface area (Å²) >= 11 is 0. The maximum atomic E-state index is 5.53. The Kier molecular flexibility index (Phi) is 4.04. The van der Waals surface area contributed by atoms with E-state index in [4.69, 9.17) is 10.8 Å². The molecule has 0 aliphatic heterocycles. The van der Waals surface area contributed by atoms with Crippen LogP contribution in [0.2, 0.25) is 0 Å². The average molecular weight is 270 g/mol. The zero-order valence-corrected chi connectivity index (χ0v) is 12.5. The van der Waals surface area contributed by atoms with Crippen LogP contribution in [0.5, 0.6) is 0 Å². The third kappa shape index (κ3) is 2.80.